The quantitative estimate of drug-likeness (QED) is 0.344. The van der Waals surface area contributed by atoms with E-state index in [-0.39, 0.29) is 23.1 Å². The molecule has 0 fully saturated rings. The molecular formula is C8H16MgO. The van der Waals surface area contributed by atoms with Crippen LogP contribution in [0.2, 0.25) is 0 Å². The van der Waals surface area contributed by atoms with Crippen LogP contribution in [-0.2, 0) is 4.79 Å². The molecule has 0 aromatic carbocycles. The predicted octanol–water partition coefficient (Wildman–Crippen LogP) is 2.04. The van der Waals surface area contributed by atoms with Crippen LogP contribution in [0, 0.1) is 13.8 Å². The van der Waals surface area contributed by atoms with E-state index in [1.54, 1.807) is 0 Å². The van der Waals surface area contributed by atoms with Crippen molar-refractivity contribution in [3.63, 3.8) is 0 Å². The Labute approximate surface area is 80.7 Å². The summed E-state index contributed by atoms with van der Waals surface area (Å²) < 4.78 is 0. The third kappa shape index (κ3) is 39.5. The minimum Gasteiger partial charge on any atom is -0.343 e. The van der Waals surface area contributed by atoms with Gasteiger partial charge in [0.2, 0.25) is 0 Å². The van der Waals surface area contributed by atoms with Crippen molar-refractivity contribution >= 4 is 29.3 Å². The monoisotopic (exact) mass is 152 g/mol. The van der Waals surface area contributed by atoms with E-state index in [9.17, 15) is 4.79 Å². The average molecular weight is 153 g/mol. The van der Waals surface area contributed by atoms with E-state index in [1.165, 1.54) is 6.42 Å². The number of unbranched alkanes of at least 4 members (excludes halogenated alkanes) is 2. The van der Waals surface area contributed by atoms with Crippen LogP contribution in [0.3, 0.4) is 0 Å². The summed E-state index contributed by atoms with van der Waals surface area (Å²) in [5.74, 6) is 0. The minimum absolute atomic E-state index is 0. The van der Waals surface area contributed by atoms with Gasteiger partial charge in [0.25, 0.3) is 0 Å². The van der Waals surface area contributed by atoms with Crippen molar-refractivity contribution in [2.24, 2.45) is 0 Å². The zero-order valence-electron chi connectivity index (χ0n) is 6.94. The Morgan fingerprint density at radius 3 is 1.70 bits per heavy atom. The van der Waals surface area contributed by atoms with Gasteiger partial charge in [0.1, 0.15) is 6.29 Å². The summed E-state index contributed by atoms with van der Waals surface area (Å²) in [4.78, 5) is 9.36. The molecule has 0 aromatic rings. The first-order chi connectivity index (χ1) is 4.33. The van der Waals surface area contributed by atoms with Gasteiger partial charge in [-0.2, -0.15) is 12.8 Å². The molecule has 0 aliphatic rings. The van der Waals surface area contributed by atoms with Crippen molar-refractivity contribution in [2.75, 3.05) is 0 Å². The second-order valence-corrected chi connectivity index (χ2v) is 1.66. The van der Waals surface area contributed by atoms with Crippen molar-refractivity contribution in [1.29, 1.82) is 0 Å². The molecule has 2 heteroatoms. The van der Waals surface area contributed by atoms with Crippen molar-refractivity contribution < 1.29 is 4.79 Å². The molecule has 10 heavy (non-hydrogen) atoms. The van der Waals surface area contributed by atoms with Crippen LogP contribution < -0.4 is 0 Å². The van der Waals surface area contributed by atoms with Gasteiger partial charge in [-0.25, -0.2) is 0 Å². The fourth-order valence-electron chi connectivity index (χ4n) is 0.0833. The Morgan fingerprint density at radius 2 is 1.70 bits per heavy atom. The van der Waals surface area contributed by atoms with Gasteiger partial charge in [0.05, 0.1) is 0 Å². The summed E-state index contributed by atoms with van der Waals surface area (Å²) >= 11 is 0. The van der Waals surface area contributed by atoms with Crippen LogP contribution >= 0.6 is 0 Å². The first-order valence-electron chi connectivity index (χ1n) is 3.35. The van der Waals surface area contributed by atoms with Gasteiger partial charge >= 0.3 is 23.1 Å². The molecule has 0 bridgehead atoms. The largest absolute Gasteiger partial charge is 2.00 e. The molecule has 0 unspecified atom stereocenters. The minimum atomic E-state index is 0. The van der Waals surface area contributed by atoms with Crippen molar-refractivity contribution in [3.8, 4) is 0 Å². The molecule has 0 saturated heterocycles. The van der Waals surface area contributed by atoms with E-state index in [1.807, 2.05) is 0 Å². The van der Waals surface area contributed by atoms with E-state index >= 15 is 0 Å². The van der Waals surface area contributed by atoms with Crippen LogP contribution in [0.1, 0.15) is 32.6 Å². The average Bonchev–Trinajstić information content (AvgIpc) is 1.91. The zero-order chi connectivity index (χ0) is 7.54. The van der Waals surface area contributed by atoms with Gasteiger partial charge in [0, 0.05) is 0 Å². The van der Waals surface area contributed by atoms with Crippen molar-refractivity contribution in [1.82, 2.24) is 0 Å². The summed E-state index contributed by atoms with van der Waals surface area (Å²) in [6.07, 6.45) is 4.47. The van der Waals surface area contributed by atoms with E-state index in [0.29, 0.717) is 6.42 Å². The molecule has 0 aliphatic carbocycles. The van der Waals surface area contributed by atoms with Gasteiger partial charge in [-0.05, 0) is 6.42 Å². The summed E-state index contributed by atoms with van der Waals surface area (Å²) in [7, 11) is 0. The molecule has 0 amide bonds. The molecule has 0 saturated carbocycles. The second-order valence-electron chi connectivity index (χ2n) is 1.66. The maximum atomic E-state index is 9.36. The fourth-order valence-corrected chi connectivity index (χ4v) is 0.0833. The van der Waals surface area contributed by atoms with E-state index in [4.69, 9.17) is 0 Å². The third-order valence-electron chi connectivity index (χ3n) is 0.676. The van der Waals surface area contributed by atoms with Crippen LogP contribution in [-0.4, -0.2) is 29.3 Å². The van der Waals surface area contributed by atoms with E-state index < -0.39 is 0 Å². The fraction of sp³-hybridized carbons (Fsp3) is 0.625. The molecule has 56 valence electrons. The van der Waals surface area contributed by atoms with Crippen LogP contribution in [0.15, 0.2) is 0 Å². The zero-order valence-corrected chi connectivity index (χ0v) is 8.35. The van der Waals surface area contributed by atoms with Gasteiger partial charge in [0.15, 0.2) is 0 Å². The third-order valence-corrected chi connectivity index (χ3v) is 0.676. The van der Waals surface area contributed by atoms with E-state index in [0.717, 1.165) is 19.1 Å². The first-order valence-corrected chi connectivity index (χ1v) is 3.35. The molecule has 0 aromatic heterocycles. The Bertz CT molecular complexity index is 44.5. The van der Waals surface area contributed by atoms with Gasteiger partial charge in [-0.3, -0.25) is 0 Å². The topological polar surface area (TPSA) is 17.1 Å². The molecule has 0 aliphatic heterocycles. The van der Waals surface area contributed by atoms with Crippen LogP contribution in [0.4, 0.5) is 0 Å². The summed E-state index contributed by atoms with van der Waals surface area (Å²) in [5.41, 5.74) is 0. The van der Waals surface area contributed by atoms with Crippen molar-refractivity contribution in [2.45, 2.75) is 32.6 Å². The number of rotatable bonds is 3. The van der Waals surface area contributed by atoms with Crippen LogP contribution in [0.5, 0.6) is 0 Å². The van der Waals surface area contributed by atoms with Gasteiger partial charge in [-0.1, -0.05) is 13.3 Å². The number of hydrogen-bond donors (Lipinski definition) is 0. The maximum absolute atomic E-state index is 9.36. The summed E-state index contributed by atoms with van der Waals surface area (Å²) in [6.45, 7) is 9.17. The molecule has 0 N–H and O–H groups in total. The van der Waals surface area contributed by atoms with Crippen molar-refractivity contribution in [3.05, 3.63) is 13.8 Å². The number of carbonyl (C=O) groups excluding carboxylic acids is 1. The molecule has 0 heterocycles. The Kier molecular flexibility index (Phi) is 38.2. The molecule has 1 nitrogen and oxygen atoms in total. The molecule has 0 rings (SSSR count). The molecular weight excluding hydrogens is 136 g/mol. The Morgan fingerprint density at radius 1 is 1.30 bits per heavy atom. The SMILES string of the molecule is [CH2-]CCC.[CH2-]CCC=O.[Mg+2]. The second kappa shape index (κ2) is 22.7. The van der Waals surface area contributed by atoms with Crippen LogP contribution in [0.25, 0.3) is 0 Å². The van der Waals surface area contributed by atoms with Gasteiger partial charge in [-0.15, -0.1) is 0 Å². The van der Waals surface area contributed by atoms with E-state index in [2.05, 4.69) is 20.8 Å². The molecule has 0 spiro atoms. The molecule has 0 radical (unpaired) electrons. The smallest absolute Gasteiger partial charge is 0.343 e. The molecule has 0 atom stereocenters. The summed E-state index contributed by atoms with van der Waals surface area (Å²) in [5, 5.41) is 0. The van der Waals surface area contributed by atoms with Gasteiger partial charge < -0.3 is 18.6 Å². The first kappa shape index (κ1) is 16.8. The normalized spacial score (nSPS) is 6.70. The number of hydrogen-bond acceptors (Lipinski definition) is 1. The maximum Gasteiger partial charge on any atom is 2.00 e. The standard InChI is InChI=1S/C4H7O.C4H9.Mg/c1-2-3-4-5;1-3-4-2;/h4H,1-3H2;1,3-4H2,2H3;/q2*-1;+2. The Balaban J connectivity index is -0.0000000910. The number of aldehydes is 1. The number of carbonyl (C=O) groups is 1. The Hall–Kier alpha value is 0.436. The summed E-state index contributed by atoms with van der Waals surface area (Å²) in [6, 6.07) is 0. The predicted molar refractivity (Wildman–Crippen MR) is 46.7 cm³/mol.